The largest absolute Gasteiger partial charge is 0.289 e. The summed E-state index contributed by atoms with van der Waals surface area (Å²) in [4.78, 5) is 13.8. The number of hydrogen-bond donors (Lipinski definition) is 0. The van der Waals surface area contributed by atoms with Gasteiger partial charge in [-0.25, -0.2) is 0 Å². The highest BCUT2D eigenvalue weighted by molar-refractivity contribution is 9.08. The number of benzene rings is 4. The molecule has 0 amide bonds. The standard InChI is InChI=1S/C27H18Br2Cl2O/c28-15-17-1-5-19(6-2-17)25-13-21(30)9-11-23(25)27(32)24-12-10-22(31)14-26(24)20-7-3-18(16-29)4-8-20/h1-14H,15-16H2. The van der Waals surface area contributed by atoms with Gasteiger partial charge in [-0.2, -0.15) is 0 Å². The first-order valence-electron chi connectivity index (χ1n) is 9.94. The van der Waals surface area contributed by atoms with Gasteiger partial charge in [0, 0.05) is 31.8 Å². The second kappa shape index (κ2) is 10.4. The Morgan fingerprint density at radius 3 is 1.31 bits per heavy atom. The molecule has 0 unspecified atom stereocenters. The van der Waals surface area contributed by atoms with E-state index < -0.39 is 0 Å². The maximum atomic E-state index is 13.8. The van der Waals surface area contributed by atoms with Crippen LogP contribution in [0.4, 0.5) is 0 Å². The molecule has 0 spiro atoms. The van der Waals surface area contributed by atoms with Gasteiger partial charge >= 0.3 is 0 Å². The molecule has 0 heterocycles. The third-order valence-electron chi connectivity index (χ3n) is 5.29. The fourth-order valence-corrected chi connectivity index (χ4v) is 4.69. The Morgan fingerprint density at radius 2 is 0.969 bits per heavy atom. The minimum absolute atomic E-state index is 0.0718. The van der Waals surface area contributed by atoms with Crippen LogP contribution < -0.4 is 0 Å². The molecule has 0 bridgehead atoms. The molecule has 5 heteroatoms. The van der Waals surface area contributed by atoms with Crippen molar-refractivity contribution >= 4 is 60.8 Å². The average Bonchev–Trinajstić information content (AvgIpc) is 2.83. The lowest BCUT2D eigenvalue weighted by atomic mass is 9.89. The first kappa shape index (κ1) is 23.3. The highest BCUT2D eigenvalue weighted by Crippen LogP contribution is 2.33. The van der Waals surface area contributed by atoms with E-state index in [0.29, 0.717) is 21.2 Å². The average molecular weight is 589 g/mol. The van der Waals surface area contributed by atoms with Crippen molar-refractivity contribution in [1.82, 2.24) is 0 Å². The molecule has 4 rings (SSSR count). The molecule has 0 aromatic heterocycles. The summed E-state index contributed by atoms with van der Waals surface area (Å²) in [5, 5.41) is 2.72. The monoisotopic (exact) mass is 586 g/mol. The lowest BCUT2D eigenvalue weighted by Gasteiger charge is -2.14. The minimum Gasteiger partial charge on any atom is -0.289 e. The Hall–Kier alpha value is -1.91. The van der Waals surface area contributed by atoms with Crippen LogP contribution in [0.5, 0.6) is 0 Å². The molecule has 160 valence electrons. The molecule has 0 aliphatic rings. The van der Waals surface area contributed by atoms with Gasteiger partial charge in [-0.1, -0.05) is 104 Å². The third-order valence-corrected chi connectivity index (χ3v) is 7.06. The van der Waals surface area contributed by atoms with Crippen LogP contribution in [0, 0.1) is 0 Å². The summed E-state index contributed by atoms with van der Waals surface area (Å²) in [5.41, 5.74) is 7.02. The predicted octanol–water partition coefficient (Wildman–Crippen LogP) is 9.35. The van der Waals surface area contributed by atoms with Gasteiger partial charge in [-0.05, 0) is 69.8 Å². The predicted molar refractivity (Wildman–Crippen MR) is 142 cm³/mol. The topological polar surface area (TPSA) is 17.1 Å². The van der Waals surface area contributed by atoms with Crippen LogP contribution in [-0.4, -0.2) is 5.78 Å². The van der Waals surface area contributed by atoms with Gasteiger partial charge in [0.2, 0.25) is 0 Å². The summed E-state index contributed by atoms with van der Waals surface area (Å²) in [6.07, 6.45) is 0. The van der Waals surface area contributed by atoms with Crippen molar-refractivity contribution in [2.45, 2.75) is 10.7 Å². The third kappa shape index (κ3) is 5.02. The van der Waals surface area contributed by atoms with Crippen molar-refractivity contribution in [3.05, 3.63) is 117 Å². The van der Waals surface area contributed by atoms with Crippen LogP contribution in [0.3, 0.4) is 0 Å². The first-order chi connectivity index (χ1) is 15.5. The summed E-state index contributed by atoms with van der Waals surface area (Å²) >= 11 is 19.6. The van der Waals surface area contributed by atoms with Crippen molar-refractivity contribution in [2.75, 3.05) is 0 Å². The zero-order chi connectivity index (χ0) is 22.7. The maximum Gasteiger partial charge on any atom is 0.194 e. The highest BCUT2D eigenvalue weighted by Gasteiger charge is 2.19. The van der Waals surface area contributed by atoms with E-state index in [1.165, 1.54) is 0 Å². The van der Waals surface area contributed by atoms with Crippen molar-refractivity contribution in [1.29, 1.82) is 0 Å². The van der Waals surface area contributed by atoms with E-state index in [1.807, 2.05) is 60.7 Å². The first-order valence-corrected chi connectivity index (χ1v) is 12.9. The summed E-state index contributed by atoms with van der Waals surface area (Å²) in [7, 11) is 0. The molecule has 0 N–H and O–H groups in total. The van der Waals surface area contributed by atoms with E-state index >= 15 is 0 Å². The number of carbonyl (C=O) groups is 1. The Labute approximate surface area is 214 Å². The molecule has 0 radical (unpaired) electrons. The number of halogens is 4. The molecule has 0 saturated heterocycles. The van der Waals surface area contributed by atoms with Gasteiger partial charge in [-0.3, -0.25) is 4.79 Å². The molecular formula is C27H18Br2Cl2O. The Balaban J connectivity index is 1.83. The van der Waals surface area contributed by atoms with Crippen molar-refractivity contribution in [3.63, 3.8) is 0 Å². The molecule has 0 saturated carbocycles. The fourth-order valence-electron chi connectivity index (χ4n) is 3.60. The zero-order valence-corrected chi connectivity index (χ0v) is 21.6. The SMILES string of the molecule is O=C(c1ccc(Cl)cc1-c1ccc(CBr)cc1)c1ccc(Cl)cc1-c1ccc(CBr)cc1. The van der Waals surface area contributed by atoms with Gasteiger partial charge in [0.1, 0.15) is 0 Å². The number of hydrogen-bond acceptors (Lipinski definition) is 1. The Kier molecular flexibility index (Phi) is 7.52. The zero-order valence-electron chi connectivity index (χ0n) is 16.9. The molecule has 0 atom stereocenters. The van der Waals surface area contributed by atoms with E-state index in [4.69, 9.17) is 23.2 Å². The number of rotatable bonds is 6. The maximum absolute atomic E-state index is 13.8. The molecule has 1 nitrogen and oxygen atoms in total. The van der Waals surface area contributed by atoms with E-state index in [0.717, 1.165) is 44.0 Å². The van der Waals surface area contributed by atoms with Crippen molar-refractivity contribution < 1.29 is 4.79 Å². The Morgan fingerprint density at radius 1 is 0.594 bits per heavy atom. The van der Waals surface area contributed by atoms with E-state index in [2.05, 4.69) is 31.9 Å². The van der Waals surface area contributed by atoms with Crippen LogP contribution in [0.2, 0.25) is 10.0 Å². The van der Waals surface area contributed by atoms with E-state index in [-0.39, 0.29) is 5.78 Å². The normalized spacial score (nSPS) is 10.9. The quantitative estimate of drug-likeness (QED) is 0.162. The molecule has 4 aromatic carbocycles. The van der Waals surface area contributed by atoms with Crippen LogP contribution in [-0.2, 0) is 10.7 Å². The highest BCUT2D eigenvalue weighted by atomic mass is 79.9. The smallest absolute Gasteiger partial charge is 0.194 e. The molecule has 4 aromatic rings. The van der Waals surface area contributed by atoms with E-state index in [1.54, 1.807) is 24.3 Å². The van der Waals surface area contributed by atoms with Gasteiger partial charge in [0.05, 0.1) is 0 Å². The molecule has 0 aliphatic heterocycles. The second-order valence-electron chi connectivity index (χ2n) is 7.37. The number of ketones is 1. The van der Waals surface area contributed by atoms with Crippen LogP contribution >= 0.6 is 55.1 Å². The molecule has 32 heavy (non-hydrogen) atoms. The molecule has 0 fully saturated rings. The minimum atomic E-state index is -0.0718. The van der Waals surface area contributed by atoms with E-state index in [9.17, 15) is 4.79 Å². The number of alkyl halides is 2. The van der Waals surface area contributed by atoms with Gasteiger partial charge < -0.3 is 0 Å². The summed E-state index contributed by atoms with van der Waals surface area (Å²) < 4.78 is 0. The summed E-state index contributed by atoms with van der Waals surface area (Å²) in [6.45, 7) is 0. The number of carbonyl (C=O) groups excluding carboxylic acids is 1. The van der Waals surface area contributed by atoms with Crippen LogP contribution in [0.1, 0.15) is 27.0 Å². The second-order valence-corrected chi connectivity index (χ2v) is 9.36. The summed E-state index contributed by atoms with van der Waals surface area (Å²) in [5.74, 6) is -0.0718. The van der Waals surface area contributed by atoms with Crippen molar-refractivity contribution in [3.8, 4) is 22.3 Å². The lowest BCUT2D eigenvalue weighted by molar-refractivity contribution is 0.104. The fraction of sp³-hybridized carbons (Fsp3) is 0.0741. The molecular weight excluding hydrogens is 571 g/mol. The van der Waals surface area contributed by atoms with Crippen molar-refractivity contribution in [2.24, 2.45) is 0 Å². The Bertz CT molecular complexity index is 1170. The lowest BCUT2D eigenvalue weighted by Crippen LogP contribution is -2.06. The summed E-state index contributed by atoms with van der Waals surface area (Å²) in [6, 6.07) is 27.0. The van der Waals surface area contributed by atoms with Crippen LogP contribution in [0.25, 0.3) is 22.3 Å². The van der Waals surface area contributed by atoms with Crippen LogP contribution in [0.15, 0.2) is 84.9 Å². The van der Waals surface area contributed by atoms with Gasteiger partial charge in [-0.15, -0.1) is 0 Å². The van der Waals surface area contributed by atoms with Gasteiger partial charge in [0.25, 0.3) is 0 Å². The van der Waals surface area contributed by atoms with Gasteiger partial charge in [0.15, 0.2) is 5.78 Å². The molecule has 0 aliphatic carbocycles.